The van der Waals surface area contributed by atoms with Gasteiger partial charge in [-0.2, -0.15) is 0 Å². The first-order valence-electron chi connectivity index (χ1n) is 9.62. The van der Waals surface area contributed by atoms with Gasteiger partial charge in [0.15, 0.2) is 11.5 Å². The molecule has 148 valence electrons. The van der Waals surface area contributed by atoms with E-state index in [4.69, 9.17) is 4.98 Å². The summed E-state index contributed by atoms with van der Waals surface area (Å²) < 4.78 is 1.66. The zero-order valence-corrected chi connectivity index (χ0v) is 16.5. The van der Waals surface area contributed by atoms with Crippen molar-refractivity contribution < 1.29 is 0 Å². The van der Waals surface area contributed by atoms with Crippen molar-refractivity contribution in [3.63, 3.8) is 0 Å². The number of fused-ring (bicyclic) bond motifs is 2. The van der Waals surface area contributed by atoms with Gasteiger partial charge in [0, 0.05) is 0 Å². The predicted octanol–water partition coefficient (Wildman–Crippen LogP) is 3.53. The van der Waals surface area contributed by atoms with Crippen molar-refractivity contribution >= 4 is 27.9 Å². The molecular weight excluding hydrogens is 378 g/mol. The molecule has 8 nitrogen and oxygen atoms in total. The Kier molecular flexibility index (Phi) is 4.24. The van der Waals surface area contributed by atoms with Crippen LogP contribution < -0.4 is 10.9 Å². The number of para-hydroxylation sites is 1. The molecule has 3 heterocycles. The van der Waals surface area contributed by atoms with E-state index >= 15 is 0 Å². The van der Waals surface area contributed by atoms with E-state index in [1.165, 1.54) is 6.33 Å². The maximum absolute atomic E-state index is 13.6. The number of nitrogens with one attached hydrogen (secondary N) is 2. The monoisotopic (exact) mass is 397 g/mol. The molecule has 0 amide bonds. The van der Waals surface area contributed by atoms with Gasteiger partial charge in [0.1, 0.15) is 17.7 Å². The Labute approximate surface area is 171 Å². The highest BCUT2D eigenvalue weighted by Gasteiger charge is 2.20. The molecular formula is C22H19N7O. The number of aromatic amines is 1. The molecule has 0 spiro atoms. The van der Waals surface area contributed by atoms with E-state index < -0.39 is 0 Å². The molecule has 0 aliphatic rings. The van der Waals surface area contributed by atoms with E-state index in [2.05, 4.69) is 25.3 Å². The highest BCUT2D eigenvalue weighted by molar-refractivity contribution is 5.83. The summed E-state index contributed by atoms with van der Waals surface area (Å²) in [6.45, 7) is 3.88. The van der Waals surface area contributed by atoms with Gasteiger partial charge in [-0.1, -0.05) is 30.3 Å². The van der Waals surface area contributed by atoms with Gasteiger partial charge >= 0.3 is 0 Å². The molecule has 2 N–H and O–H groups in total. The van der Waals surface area contributed by atoms with Crippen LogP contribution in [0.3, 0.4) is 0 Å². The van der Waals surface area contributed by atoms with Crippen LogP contribution >= 0.6 is 0 Å². The molecule has 0 saturated carbocycles. The predicted molar refractivity (Wildman–Crippen MR) is 116 cm³/mol. The normalized spacial score (nSPS) is 12.3. The van der Waals surface area contributed by atoms with Crippen LogP contribution in [0.1, 0.15) is 24.4 Å². The van der Waals surface area contributed by atoms with Crippen molar-refractivity contribution in [1.29, 1.82) is 0 Å². The quantitative estimate of drug-likeness (QED) is 0.481. The van der Waals surface area contributed by atoms with Gasteiger partial charge in [-0.05, 0) is 37.6 Å². The number of H-pyrrole nitrogens is 1. The second kappa shape index (κ2) is 7.07. The molecule has 0 aliphatic heterocycles. The summed E-state index contributed by atoms with van der Waals surface area (Å²) >= 11 is 0. The fraction of sp³-hybridized carbons (Fsp3) is 0.136. The third kappa shape index (κ3) is 2.89. The molecule has 0 aliphatic carbocycles. The molecule has 0 radical (unpaired) electrons. The Bertz CT molecular complexity index is 1420. The first-order valence-corrected chi connectivity index (χ1v) is 9.62. The number of aryl methyl sites for hydroxylation is 1. The van der Waals surface area contributed by atoms with Crippen molar-refractivity contribution in [2.24, 2.45) is 0 Å². The maximum atomic E-state index is 13.6. The van der Waals surface area contributed by atoms with Crippen LogP contribution in [0.2, 0.25) is 0 Å². The molecule has 0 fully saturated rings. The van der Waals surface area contributed by atoms with Crippen LogP contribution in [0, 0.1) is 6.92 Å². The number of imidazole rings is 1. The van der Waals surface area contributed by atoms with Gasteiger partial charge in [-0.25, -0.2) is 19.9 Å². The lowest BCUT2D eigenvalue weighted by molar-refractivity contribution is 0.731. The molecule has 0 bridgehead atoms. The fourth-order valence-corrected chi connectivity index (χ4v) is 3.67. The van der Waals surface area contributed by atoms with Crippen LogP contribution in [-0.2, 0) is 0 Å². The maximum Gasteiger partial charge on any atom is 0.266 e. The van der Waals surface area contributed by atoms with Gasteiger partial charge < -0.3 is 10.3 Å². The molecule has 8 heteroatoms. The number of rotatable bonds is 4. The summed E-state index contributed by atoms with van der Waals surface area (Å²) in [6.07, 6.45) is 3.04. The molecule has 2 aromatic carbocycles. The number of benzene rings is 2. The minimum atomic E-state index is -0.322. The van der Waals surface area contributed by atoms with Gasteiger partial charge in [-0.3, -0.25) is 9.36 Å². The summed E-state index contributed by atoms with van der Waals surface area (Å²) in [6, 6.07) is 14.9. The van der Waals surface area contributed by atoms with E-state index in [1.54, 1.807) is 10.9 Å². The molecule has 30 heavy (non-hydrogen) atoms. The number of anilines is 1. The Morgan fingerprint density at radius 2 is 1.87 bits per heavy atom. The Morgan fingerprint density at radius 1 is 1.03 bits per heavy atom. The zero-order valence-electron chi connectivity index (χ0n) is 16.5. The van der Waals surface area contributed by atoms with E-state index in [9.17, 15) is 4.79 Å². The Morgan fingerprint density at radius 3 is 2.70 bits per heavy atom. The van der Waals surface area contributed by atoms with Crippen LogP contribution in [-0.4, -0.2) is 29.5 Å². The standard InChI is InChI=1S/C22H19N7O/c1-13-7-6-10-16-17(13)22(30)29(15-8-4-3-5-9-15)21(28-16)14(2)27-20-18-19(24-11-23-18)25-12-26-20/h3-12,14H,1-2H3,(H2,23,24,25,26,27). The van der Waals surface area contributed by atoms with E-state index in [0.29, 0.717) is 33.7 Å². The lowest BCUT2D eigenvalue weighted by atomic mass is 10.1. The van der Waals surface area contributed by atoms with Crippen LogP contribution in [0.5, 0.6) is 0 Å². The third-order valence-corrected chi connectivity index (χ3v) is 5.10. The van der Waals surface area contributed by atoms with Gasteiger partial charge in [0.2, 0.25) is 0 Å². The first-order chi connectivity index (χ1) is 14.6. The van der Waals surface area contributed by atoms with Gasteiger partial charge in [-0.15, -0.1) is 0 Å². The highest BCUT2D eigenvalue weighted by atomic mass is 16.1. The average Bonchev–Trinajstić information content (AvgIpc) is 3.24. The van der Waals surface area contributed by atoms with E-state index in [0.717, 1.165) is 11.3 Å². The van der Waals surface area contributed by atoms with E-state index in [-0.39, 0.29) is 11.6 Å². The number of aromatic nitrogens is 6. The SMILES string of the molecule is Cc1cccc2nc(C(C)Nc3ncnc4[nH]cnc34)n(-c3ccccc3)c(=O)c12. The molecule has 0 saturated heterocycles. The van der Waals surface area contributed by atoms with Crippen molar-refractivity contribution in [3.05, 3.63) is 82.9 Å². The minimum absolute atomic E-state index is 0.0967. The van der Waals surface area contributed by atoms with E-state index in [1.807, 2.05) is 62.4 Å². The molecule has 3 aromatic heterocycles. The Balaban J connectivity index is 1.71. The van der Waals surface area contributed by atoms with Crippen molar-refractivity contribution in [1.82, 2.24) is 29.5 Å². The fourth-order valence-electron chi connectivity index (χ4n) is 3.67. The number of hydrogen-bond donors (Lipinski definition) is 2. The Hall–Kier alpha value is -4.07. The zero-order chi connectivity index (χ0) is 20.7. The summed E-state index contributed by atoms with van der Waals surface area (Å²) in [7, 11) is 0. The topological polar surface area (TPSA) is 101 Å². The van der Waals surface area contributed by atoms with Crippen molar-refractivity contribution in [2.75, 3.05) is 5.32 Å². The molecule has 1 unspecified atom stereocenters. The van der Waals surface area contributed by atoms with Gasteiger partial charge in [0.05, 0.1) is 29.0 Å². The van der Waals surface area contributed by atoms with Crippen LogP contribution in [0.25, 0.3) is 27.8 Å². The molecule has 1 atom stereocenters. The average molecular weight is 397 g/mol. The smallest absolute Gasteiger partial charge is 0.266 e. The van der Waals surface area contributed by atoms with Crippen LogP contribution in [0.4, 0.5) is 5.82 Å². The highest BCUT2D eigenvalue weighted by Crippen LogP contribution is 2.24. The largest absolute Gasteiger partial charge is 0.358 e. The van der Waals surface area contributed by atoms with Gasteiger partial charge in [0.25, 0.3) is 5.56 Å². The summed E-state index contributed by atoms with van der Waals surface area (Å²) in [4.78, 5) is 34.2. The lowest BCUT2D eigenvalue weighted by Gasteiger charge is -2.20. The molecule has 5 rings (SSSR count). The van der Waals surface area contributed by atoms with Crippen molar-refractivity contribution in [3.8, 4) is 5.69 Å². The summed E-state index contributed by atoms with van der Waals surface area (Å²) in [5.41, 5.74) is 3.51. The lowest BCUT2D eigenvalue weighted by Crippen LogP contribution is -2.27. The summed E-state index contributed by atoms with van der Waals surface area (Å²) in [5, 5.41) is 3.97. The molecule has 5 aromatic rings. The number of hydrogen-bond acceptors (Lipinski definition) is 6. The first kappa shape index (κ1) is 18.0. The second-order valence-electron chi connectivity index (χ2n) is 7.10. The third-order valence-electron chi connectivity index (χ3n) is 5.10. The van der Waals surface area contributed by atoms with Crippen LogP contribution in [0.15, 0.2) is 66.0 Å². The minimum Gasteiger partial charge on any atom is -0.358 e. The second-order valence-corrected chi connectivity index (χ2v) is 7.10. The number of nitrogens with zero attached hydrogens (tertiary/aromatic N) is 5. The summed E-state index contributed by atoms with van der Waals surface area (Å²) in [5.74, 6) is 1.17. The van der Waals surface area contributed by atoms with Crippen molar-refractivity contribution in [2.45, 2.75) is 19.9 Å².